The third-order valence-corrected chi connectivity index (χ3v) is 13.4. The van der Waals surface area contributed by atoms with E-state index in [-0.39, 0.29) is 54.0 Å². The first kappa shape index (κ1) is 31.3. The third-order valence-electron chi connectivity index (χ3n) is 13.4. The zero-order valence-corrected chi connectivity index (χ0v) is 28.0. The minimum Gasteiger partial charge on any atom is -0.453 e. The van der Waals surface area contributed by atoms with Crippen molar-refractivity contribution in [1.29, 1.82) is 0 Å². The number of nitrogens with one attached hydrogen (secondary N) is 3. The second-order valence-corrected chi connectivity index (χ2v) is 15.5. The summed E-state index contributed by atoms with van der Waals surface area (Å²) < 4.78 is 10.4. The lowest BCUT2D eigenvalue weighted by Gasteiger charge is -2.53. The van der Waals surface area contributed by atoms with Crippen LogP contribution in [0.2, 0.25) is 0 Å². The average molecular weight is 657 g/mol. The zero-order valence-electron chi connectivity index (χ0n) is 28.0. The van der Waals surface area contributed by atoms with E-state index in [2.05, 4.69) is 25.8 Å². The van der Waals surface area contributed by atoms with E-state index in [0.717, 1.165) is 103 Å². The number of ether oxygens (including phenoxy) is 2. The van der Waals surface area contributed by atoms with Gasteiger partial charge < -0.3 is 45.0 Å². The molecule has 5 unspecified atom stereocenters. The first-order valence-corrected chi connectivity index (χ1v) is 18.2. The van der Waals surface area contributed by atoms with Crippen molar-refractivity contribution in [2.24, 2.45) is 0 Å². The van der Waals surface area contributed by atoms with Gasteiger partial charge in [-0.15, -0.1) is 0 Å². The van der Waals surface area contributed by atoms with E-state index in [1.807, 2.05) is 21.6 Å². The largest absolute Gasteiger partial charge is 0.453 e. The number of carbonyl (C=O) groups is 4. The lowest BCUT2D eigenvalue weighted by atomic mass is 9.79. The van der Waals surface area contributed by atoms with Crippen molar-refractivity contribution in [3.63, 3.8) is 0 Å². The predicted octanol–water partition coefficient (Wildman–Crippen LogP) is 2.23. The van der Waals surface area contributed by atoms with Gasteiger partial charge in [0.15, 0.2) is 0 Å². The average Bonchev–Trinajstić information content (AvgIpc) is 3.73. The van der Waals surface area contributed by atoms with Gasteiger partial charge in [0.2, 0.25) is 0 Å². The number of nitrogens with zero attached hydrogens (tertiary/aromatic N) is 5. The number of methoxy groups -OCH3 is 1. The molecule has 6 amide bonds. The Labute approximate surface area is 277 Å². The van der Waals surface area contributed by atoms with Gasteiger partial charge in [0, 0.05) is 69.0 Å². The summed E-state index contributed by atoms with van der Waals surface area (Å²) in [5.41, 5.74) is -0.851. The molecule has 0 aliphatic carbocycles. The van der Waals surface area contributed by atoms with Crippen molar-refractivity contribution in [3.8, 4) is 0 Å². The highest BCUT2D eigenvalue weighted by Crippen LogP contribution is 2.44. The summed E-state index contributed by atoms with van der Waals surface area (Å²) in [6, 6.07) is 1.56. The van der Waals surface area contributed by atoms with E-state index in [4.69, 9.17) is 9.47 Å². The Kier molecular flexibility index (Phi) is 7.89. The smallest absolute Gasteiger partial charge is 0.410 e. The van der Waals surface area contributed by atoms with Crippen LogP contribution in [-0.4, -0.2) is 149 Å². The summed E-state index contributed by atoms with van der Waals surface area (Å²) in [7, 11) is 1.47. The number of hydrogen-bond donors (Lipinski definition) is 3. The van der Waals surface area contributed by atoms with Gasteiger partial charge in [0.05, 0.1) is 24.8 Å². The fourth-order valence-corrected chi connectivity index (χ4v) is 11.1. The molecule has 8 aliphatic rings. The maximum atomic E-state index is 13.6. The maximum Gasteiger partial charge on any atom is 0.410 e. The maximum absolute atomic E-state index is 13.6. The number of amides is 6. The van der Waals surface area contributed by atoms with Crippen LogP contribution in [-0.2, 0) is 9.47 Å². The molecule has 5 atom stereocenters. The number of rotatable bonds is 4. The Morgan fingerprint density at radius 2 is 1.28 bits per heavy atom. The summed E-state index contributed by atoms with van der Waals surface area (Å²) >= 11 is 0. The second kappa shape index (κ2) is 11.9. The van der Waals surface area contributed by atoms with Gasteiger partial charge in [-0.25, -0.2) is 19.2 Å². The second-order valence-electron chi connectivity index (χ2n) is 15.5. The Bertz CT molecular complexity index is 1240. The third kappa shape index (κ3) is 5.10. The lowest BCUT2D eigenvalue weighted by molar-refractivity contribution is -0.0211. The minimum atomic E-state index is -0.510. The number of piperidine rings is 4. The van der Waals surface area contributed by atoms with Gasteiger partial charge >= 0.3 is 24.2 Å². The predicted molar refractivity (Wildman–Crippen MR) is 171 cm³/mol. The van der Waals surface area contributed by atoms with E-state index in [0.29, 0.717) is 25.2 Å². The molecular weight excluding hydrogens is 604 g/mol. The number of urea groups is 2. The number of likely N-dealkylation sites (tertiary alicyclic amines) is 2. The van der Waals surface area contributed by atoms with Gasteiger partial charge in [0.25, 0.3) is 0 Å². The van der Waals surface area contributed by atoms with Gasteiger partial charge in [-0.05, 0) is 84.0 Å². The van der Waals surface area contributed by atoms with Crippen LogP contribution < -0.4 is 16.0 Å². The summed E-state index contributed by atoms with van der Waals surface area (Å²) in [5, 5.41) is 9.66. The molecule has 2 spiro atoms. The molecule has 3 N–H and O–H groups in total. The zero-order chi connectivity index (χ0) is 32.5. The summed E-state index contributed by atoms with van der Waals surface area (Å²) in [6.45, 7) is 6.37. The number of hydrogen-bond acceptors (Lipinski definition) is 8. The van der Waals surface area contributed by atoms with Gasteiger partial charge in [-0.3, -0.25) is 4.90 Å². The fourth-order valence-electron chi connectivity index (χ4n) is 11.1. The van der Waals surface area contributed by atoms with Gasteiger partial charge in [-0.1, -0.05) is 0 Å². The molecule has 14 nitrogen and oxygen atoms in total. The molecule has 14 heteroatoms. The van der Waals surface area contributed by atoms with Crippen LogP contribution in [0.5, 0.6) is 0 Å². The molecule has 8 saturated heterocycles. The van der Waals surface area contributed by atoms with Crippen molar-refractivity contribution in [2.75, 3.05) is 46.4 Å². The molecular formula is C33H52N8O6. The molecule has 0 aromatic heterocycles. The van der Waals surface area contributed by atoms with Crippen LogP contribution >= 0.6 is 0 Å². The summed E-state index contributed by atoms with van der Waals surface area (Å²) in [5.74, 6) is 0. The number of carbonyl (C=O) groups excluding carboxylic acids is 4. The fraction of sp³-hybridized carbons (Fsp3) is 0.879. The molecule has 0 aromatic carbocycles. The first-order chi connectivity index (χ1) is 22.7. The molecule has 0 radical (unpaired) electrons. The van der Waals surface area contributed by atoms with Crippen LogP contribution in [0.25, 0.3) is 0 Å². The molecule has 8 heterocycles. The van der Waals surface area contributed by atoms with Gasteiger partial charge in [0.1, 0.15) is 6.17 Å². The molecule has 8 fully saturated rings. The Balaban J connectivity index is 0.916. The lowest BCUT2D eigenvalue weighted by Crippen LogP contribution is -2.69. The van der Waals surface area contributed by atoms with E-state index >= 15 is 0 Å². The van der Waals surface area contributed by atoms with Crippen molar-refractivity contribution >= 4 is 24.2 Å². The monoisotopic (exact) mass is 656 g/mol. The van der Waals surface area contributed by atoms with Crippen molar-refractivity contribution in [3.05, 3.63) is 0 Å². The van der Waals surface area contributed by atoms with E-state index in [1.165, 1.54) is 7.11 Å². The molecule has 0 saturated carbocycles. The van der Waals surface area contributed by atoms with E-state index < -0.39 is 11.7 Å². The van der Waals surface area contributed by atoms with Crippen LogP contribution in [0, 0.1) is 0 Å². The van der Waals surface area contributed by atoms with Crippen molar-refractivity contribution in [1.82, 2.24) is 40.4 Å². The first-order valence-electron chi connectivity index (χ1n) is 18.2. The highest BCUT2D eigenvalue weighted by atomic mass is 16.6. The Morgan fingerprint density at radius 3 is 1.79 bits per heavy atom. The molecule has 260 valence electrons. The number of fused-ring (bicyclic) bond motifs is 4. The van der Waals surface area contributed by atoms with Crippen molar-refractivity contribution < 1.29 is 28.7 Å². The molecule has 8 aliphatic heterocycles. The van der Waals surface area contributed by atoms with Gasteiger partial charge in [-0.2, -0.15) is 0 Å². The molecule has 8 rings (SSSR count). The topological polar surface area (TPSA) is 139 Å². The van der Waals surface area contributed by atoms with E-state index in [9.17, 15) is 19.2 Å². The van der Waals surface area contributed by atoms with Crippen LogP contribution in [0.4, 0.5) is 19.2 Å². The molecule has 0 aromatic rings. The summed E-state index contributed by atoms with van der Waals surface area (Å²) in [4.78, 5) is 62.8. The minimum absolute atomic E-state index is 0.0817. The Morgan fingerprint density at radius 1 is 0.766 bits per heavy atom. The summed E-state index contributed by atoms with van der Waals surface area (Å²) in [6.07, 6.45) is 10.6. The SMILES string of the molecule is CCOC(=O)N1C2CCC1CC(N1CCC3(CC1)CNC(=O)N3C1NC(=O)NC13CCN(C1CC4CCC(C1)N4C(=O)OC)CC3)C2. The Hall–Kier alpha value is -3.00. The molecule has 4 bridgehead atoms. The van der Waals surface area contributed by atoms with Crippen molar-refractivity contribution in [2.45, 2.75) is 137 Å². The highest BCUT2D eigenvalue weighted by molar-refractivity contribution is 5.83. The standard InChI is InChI=1S/C33H52N8O6/c1-3-47-31(45)40-23-6-7-24(40)19-25(18-23)37-12-8-32(9-13-37)20-34-29(43)41(32)27-33(36-28(42)35-27)10-14-38(15-11-33)26-16-21-4-5-22(17-26)39(21)30(44)46-2/h21-27H,3-20H2,1-2H3,(H,34,43)(H2,35,36,42). The van der Waals surface area contributed by atoms with E-state index in [1.54, 1.807) is 0 Å². The van der Waals surface area contributed by atoms with Crippen LogP contribution in [0.3, 0.4) is 0 Å². The molecule has 47 heavy (non-hydrogen) atoms. The normalized spacial score (nSPS) is 37.7. The quantitative estimate of drug-likeness (QED) is 0.419. The highest BCUT2D eigenvalue weighted by Gasteiger charge is 2.60. The van der Waals surface area contributed by atoms with Crippen LogP contribution in [0.15, 0.2) is 0 Å². The van der Waals surface area contributed by atoms with Crippen LogP contribution in [0.1, 0.15) is 84.0 Å².